The molecule has 6 nitrogen and oxygen atoms in total. The number of carbonyl (C=O) groups is 1. The summed E-state index contributed by atoms with van der Waals surface area (Å²) in [5.41, 5.74) is 0.958. The second kappa shape index (κ2) is 9.16. The number of para-hydroxylation sites is 1. The standard InChI is InChI=1S/C21H21ClFN5OS/c1-26-10-12-27(13-11-26)19(29)14-30-21-25-24-20(15-6-2-3-7-16(15)22)28(21)18-9-5-4-8-17(18)23/h2-9H,10-14H2,1H3. The second-order valence-electron chi connectivity index (χ2n) is 7.05. The van der Waals surface area contributed by atoms with Gasteiger partial charge in [0.05, 0.1) is 16.5 Å². The second-order valence-corrected chi connectivity index (χ2v) is 8.40. The Labute approximate surface area is 183 Å². The van der Waals surface area contributed by atoms with Crippen LogP contribution < -0.4 is 0 Å². The van der Waals surface area contributed by atoms with Crippen LogP contribution >= 0.6 is 23.4 Å². The van der Waals surface area contributed by atoms with E-state index >= 15 is 0 Å². The average Bonchev–Trinajstić information content (AvgIpc) is 3.16. The maximum Gasteiger partial charge on any atom is 0.233 e. The van der Waals surface area contributed by atoms with Gasteiger partial charge in [0.25, 0.3) is 0 Å². The molecule has 9 heteroatoms. The third-order valence-corrected chi connectivity index (χ3v) is 6.27. The molecule has 0 N–H and O–H groups in total. The van der Waals surface area contributed by atoms with E-state index in [9.17, 15) is 9.18 Å². The van der Waals surface area contributed by atoms with E-state index < -0.39 is 5.82 Å². The quantitative estimate of drug-likeness (QED) is 0.562. The van der Waals surface area contributed by atoms with Crippen molar-refractivity contribution in [3.8, 4) is 17.1 Å². The van der Waals surface area contributed by atoms with E-state index in [2.05, 4.69) is 15.1 Å². The fraction of sp³-hybridized carbons (Fsp3) is 0.286. The molecule has 2 heterocycles. The highest BCUT2D eigenvalue weighted by molar-refractivity contribution is 7.99. The van der Waals surface area contributed by atoms with E-state index in [0.717, 1.165) is 13.1 Å². The lowest BCUT2D eigenvalue weighted by Crippen LogP contribution is -2.47. The number of aromatic nitrogens is 3. The molecule has 0 aliphatic carbocycles. The number of amides is 1. The zero-order valence-electron chi connectivity index (χ0n) is 16.5. The molecule has 1 saturated heterocycles. The normalized spacial score (nSPS) is 14.8. The molecule has 2 aromatic carbocycles. The Morgan fingerprint density at radius 2 is 1.77 bits per heavy atom. The van der Waals surface area contributed by atoms with Crippen molar-refractivity contribution < 1.29 is 9.18 Å². The average molecular weight is 446 g/mol. The predicted molar refractivity (Wildman–Crippen MR) is 117 cm³/mol. The highest BCUT2D eigenvalue weighted by Crippen LogP contribution is 2.32. The van der Waals surface area contributed by atoms with Crippen molar-refractivity contribution in [2.45, 2.75) is 5.16 Å². The molecule has 3 aromatic rings. The van der Waals surface area contributed by atoms with E-state index in [-0.39, 0.29) is 11.7 Å². The Bertz CT molecular complexity index is 1050. The first-order valence-electron chi connectivity index (χ1n) is 9.59. The summed E-state index contributed by atoms with van der Waals surface area (Å²) in [5, 5.41) is 9.46. The number of hydrogen-bond acceptors (Lipinski definition) is 5. The number of carbonyl (C=O) groups excluding carboxylic acids is 1. The van der Waals surface area contributed by atoms with Gasteiger partial charge in [0.2, 0.25) is 5.91 Å². The Kier molecular flexibility index (Phi) is 6.36. The van der Waals surface area contributed by atoms with Gasteiger partial charge in [0.15, 0.2) is 11.0 Å². The minimum absolute atomic E-state index is 0.0375. The monoisotopic (exact) mass is 445 g/mol. The first-order valence-corrected chi connectivity index (χ1v) is 11.0. The molecule has 0 atom stereocenters. The molecule has 0 saturated carbocycles. The van der Waals surface area contributed by atoms with Crippen LogP contribution in [0, 0.1) is 5.82 Å². The molecule has 0 spiro atoms. The Balaban J connectivity index is 1.64. The molecular formula is C21H21ClFN5OS. The summed E-state index contributed by atoms with van der Waals surface area (Å²) in [6, 6.07) is 13.6. The first kappa shape index (κ1) is 20.8. The lowest BCUT2D eigenvalue weighted by atomic mass is 10.2. The molecule has 1 aliphatic heterocycles. The molecule has 30 heavy (non-hydrogen) atoms. The lowest BCUT2D eigenvalue weighted by molar-refractivity contribution is -0.129. The molecule has 4 rings (SSSR count). The van der Waals surface area contributed by atoms with Crippen LogP contribution in [-0.2, 0) is 4.79 Å². The van der Waals surface area contributed by atoms with Crippen LogP contribution in [0.4, 0.5) is 4.39 Å². The van der Waals surface area contributed by atoms with Crippen molar-refractivity contribution in [2.75, 3.05) is 39.0 Å². The summed E-state index contributed by atoms with van der Waals surface area (Å²) in [5.74, 6) is 0.271. The molecule has 1 aromatic heterocycles. The van der Waals surface area contributed by atoms with Gasteiger partial charge in [-0.3, -0.25) is 9.36 Å². The molecule has 1 amide bonds. The Hall–Kier alpha value is -2.42. The van der Waals surface area contributed by atoms with Crippen LogP contribution in [-0.4, -0.2) is 69.5 Å². The molecular weight excluding hydrogens is 425 g/mol. The van der Waals surface area contributed by atoms with Crippen molar-refractivity contribution in [2.24, 2.45) is 0 Å². The van der Waals surface area contributed by atoms with Crippen molar-refractivity contribution in [3.63, 3.8) is 0 Å². The molecule has 0 bridgehead atoms. The van der Waals surface area contributed by atoms with Gasteiger partial charge in [-0.05, 0) is 31.3 Å². The minimum atomic E-state index is -0.405. The third-order valence-electron chi connectivity index (χ3n) is 5.02. The number of hydrogen-bond donors (Lipinski definition) is 0. The van der Waals surface area contributed by atoms with Gasteiger partial charge in [-0.25, -0.2) is 4.39 Å². The number of thioether (sulfide) groups is 1. The van der Waals surface area contributed by atoms with Gasteiger partial charge in [0, 0.05) is 31.7 Å². The van der Waals surface area contributed by atoms with Crippen molar-refractivity contribution >= 4 is 29.3 Å². The van der Waals surface area contributed by atoms with E-state index in [0.29, 0.717) is 40.3 Å². The molecule has 0 unspecified atom stereocenters. The van der Waals surface area contributed by atoms with Gasteiger partial charge < -0.3 is 9.80 Å². The summed E-state index contributed by atoms with van der Waals surface area (Å²) < 4.78 is 16.3. The fourth-order valence-electron chi connectivity index (χ4n) is 3.30. The van der Waals surface area contributed by atoms with Crippen LogP contribution in [0.1, 0.15) is 0 Å². The highest BCUT2D eigenvalue weighted by atomic mass is 35.5. The Morgan fingerprint density at radius 3 is 2.50 bits per heavy atom. The van der Waals surface area contributed by atoms with Crippen molar-refractivity contribution in [1.82, 2.24) is 24.6 Å². The number of halogens is 2. The molecule has 1 aliphatic rings. The van der Waals surface area contributed by atoms with E-state index in [4.69, 9.17) is 11.6 Å². The molecule has 0 radical (unpaired) electrons. The van der Waals surface area contributed by atoms with Gasteiger partial charge >= 0.3 is 0 Å². The number of nitrogens with zero attached hydrogens (tertiary/aromatic N) is 5. The lowest BCUT2D eigenvalue weighted by Gasteiger charge is -2.32. The summed E-state index contributed by atoms with van der Waals surface area (Å²) in [7, 11) is 2.05. The summed E-state index contributed by atoms with van der Waals surface area (Å²) >= 11 is 7.61. The highest BCUT2D eigenvalue weighted by Gasteiger charge is 2.23. The summed E-state index contributed by atoms with van der Waals surface area (Å²) in [4.78, 5) is 16.7. The van der Waals surface area contributed by atoms with Crippen molar-refractivity contribution in [3.05, 3.63) is 59.4 Å². The maximum atomic E-state index is 14.7. The van der Waals surface area contributed by atoms with Gasteiger partial charge in [-0.2, -0.15) is 0 Å². The SMILES string of the molecule is CN1CCN(C(=O)CSc2nnc(-c3ccccc3Cl)n2-c2ccccc2F)CC1. The van der Waals surface area contributed by atoms with E-state index in [1.165, 1.54) is 17.8 Å². The molecule has 1 fully saturated rings. The number of piperazine rings is 1. The van der Waals surface area contributed by atoms with Crippen LogP contribution in [0.25, 0.3) is 17.1 Å². The molecule has 156 valence electrons. The van der Waals surface area contributed by atoms with Crippen molar-refractivity contribution in [1.29, 1.82) is 0 Å². The smallest absolute Gasteiger partial charge is 0.233 e. The number of likely N-dealkylation sites (N-methyl/N-ethyl adjacent to an activating group) is 1. The minimum Gasteiger partial charge on any atom is -0.339 e. The van der Waals surface area contributed by atoms with Crippen LogP contribution in [0.3, 0.4) is 0 Å². The van der Waals surface area contributed by atoms with Gasteiger partial charge in [-0.15, -0.1) is 10.2 Å². The predicted octanol–water partition coefficient (Wildman–Crippen LogP) is 3.59. The number of rotatable bonds is 5. The zero-order valence-corrected chi connectivity index (χ0v) is 18.0. The largest absolute Gasteiger partial charge is 0.339 e. The Morgan fingerprint density at radius 1 is 1.07 bits per heavy atom. The summed E-state index contributed by atoms with van der Waals surface area (Å²) in [6.45, 7) is 3.14. The fourth-order valence-corrected chi connectivity index (χ4v) is 4.37. The van der Waals surface area contributed by atoms with Gasteiger partial charge in [-0.1, -0.05) is 47.6 Å². The van der Waals surface area contributed by atoms with Crippen LogP contribution in [0.5, 0.6) is 0 Å². The topological polar surface area (TPSA) is 54.3 Å². The summed E-state index contributed by atoms with van der Waals surface area (Å²) in [6.07, 6.45) is 0. The maximum absolute atomic E-state index is 14.7. The van der Waals surface area contributed by atoms with Gasteiger partial charge in [0.1, 0.15) is 5.82 Å². The first-order chi connectivity index (χ1) is 14.5. The van der Waals surface area contributed by atoms with E-state index in [1.54, 1.807) is 28.8 Å². The third kappa shape index (κ3) is 4.35. The zero-order chi connectivity index (χ0) is 21.1. The van der Waals surface area contributed by atoms with E-state index in [1.807, 2.05) is 30.1 Å². The van der Waals surface area contributed by atoms with Crippen LogP contribution in [0.15, 0.2) is 53.7 Å². The van der Waals surface area contributed by atoms with Crippen LogP contribution in [0.2, 0.25) is 5.02 Å². The number of benzene rings is 2.